The number of ether oxygens (including phenoxy) is 1. The van der Waals surface area contributed by atoms with Crippen LogP contribution in [0, 0.1) is 0 Å². The highest BCUT2D eigenvalue weighted by Crippen LogP contribution is 2.19. The molecule has 0 aromatic carbocycles. The molecule has 1 N–H and O–H groups in total. The first-order chi connectivity index (χ1) is 8.74. The zero-order valence-electron chi connectivity index (χ0n) is 11.4. The molecule has 0 bridgehead atoms. The van der Waals surface area contributed by atoms with Crippen LogP contribution in [0.3, 0.4) is 0 Å². The molecule has 18 heavy (non-hydrogen) atoms. The number of nitrogens with one attached hydrogen (secondary N) is 1. The average Bonchev–Trinajstić information content (AvgIpc) is 3.06. The Morgan fingerprint density at radius 2 is 2.11 bits per heavy atom. The highest BCUT2D eigenvalue weighted by Gasteiger charge is 2.20. The van der Waals surface area contributed by atoms with Crippen molar-refractivity contribution in [1.29, 1.82) is 0 Å². The Kier molecular flexibility index (Phi) is 5.23. The minimum absolute atomic E-state index is 0.580. The standard InChI is InChI=1S/C14H24N2O2/c1-16(2)8-3-9-17-11-14-7-6-13(18-14)10-15-12-4-5-12/h6-7,12,15H,3-5,8-11H2,1-2H3. The lowest BCUT2D eigenvalue weighted by atomic mass is 10.4. The molecule has 0 atom stereocenters. The third kappa shape index (κ3) is 5.21. The first-order valence-corrected chi connectivity index (χ1v) is 6.77. The number of nitrogens with zero attached hydrogens (tertiary/aromatic N) is 1. The zero-order chi connectivity index (χ0) is 12.8. The molecular formula is C14H24N2O2. The van der Waals surface area contributed by atoms with Gasteiger partial charge < -0.3 is 19.4 Å². The Labute approximate surface area is 109 Å². The third-order valence-corrected chi connectivity index (χ3v) is 3.00. The van der Waals surface area contributed by atoms with Crippen molar-refractivity contribution in [1.82, 2.24) is 10.2 Å². The highest BCUT2D eigenvalue weighted by molar-refractivity contribution is 5.06. The van der Waals surface area contributed by atoms with Gasteiger partial charge in [-0.05, 0) is 52.0 Å². The Balaban J connectivity index is 1.57. The maximum Gasteiger partial charge on any atom is 0.129 e. The summed E-state index contributed by atoms with van der Waals surface area (Å²) in [5.74, 6) is 1.93. The SMILES string of the molecule is CN(C)CCCOCc1ccc(CNC2CC2)o1. The van der Waals surface area contributed by atoms with E-state index in [2.05, 4.69) is 24.3 Å². The average molecular weight is 252 g/mol. The van der Waals surface area contributed by atoms with Crippen molar-refractivity contribution < 1.29 is 9.15 Å². The van der Waals surface area contributed by atoms with E-state index in [0.717, 1.165) is 43.7 Å². The van der Waals surface area contributed by atoms with Gasteiger partial charge in [0.2, 0.25) is 0 Å². The summed E-state index contributed by atoms with van der Waals surface area (Å²) >= 11 is 0. The summed E-state index contributed by atoms with van der Waals surface area (Å²) in [4.78, 5) is 2.16. The van der Waals surface area contributed by atoms with Crippen LogP contribution in [0.25, 0.3) is 0 Å². The molecule has 1 aromatic heterocycles. The van der Waals surface area contributed by atoms with E-state index in [0.29, 0.717) is 6.61 Å². The van der Waals surface area contributed by atoms with Crippen molar-refractivity contribution in [3.63, 3.8) is 0 Å². The van der Waals surface area contributed by atoms with Crippen molar-refractivity contribution in [2.75, 3.05) is 27.2 Å². The Bertz CT molecular complexity index is 345. The van der Waals surface area contributed by atoms with E-state index < -0.39 is 0 Å². The lowest BCUT2D eigenvalue weighted by Crippen LogP contribution is -2.15. The fourth-order valence-electron chi connectivity index (χ4n) is 1.78. The topological polar surface area (TPSA) is 37.6 Å². The van der Waals surface area contributed by atoms with Gasteiger partial charge in [-0.3, -0.25) is 0 Å². The van der Waals surface area contributed by atoms with E-state index in [1.165, 1.54) is 12.8 Å². The molecule has 0 amide bonds. The molecule has 1 heterocycles. The first-order valence-electron chi connectivity index (χ1n) is 6.77. The number of hydrogen-bond acceptors (Lipinski definition) is 4. The quantitative estimate of drug-likeness (QED) is 0.682. The molecule has 4 heteroatoms. The third-order valence-electron chi connectivity index (χ3n) is 3.00. The van der Waals surface area contributed by atoms with Crippen LogP contribution in [-0.4, -0.2) is 38.2 Å². The second-order valence-electron chi connectivity index (χ2n) is 5.23. The van der Waals surface area contributed by atoms with Gasteiger partial charge in [0.25, 0.3) is 0 Å². The molecule has 4 nitrogen and oxygen atoms in total. The number of rotatable bonds is 9. The van der Waals surface area contributed by atoms with E-state index in [4.69, 9.17) is 9.15 Å². The van der Waals surface area contributed by atoms with Crippen LogP contribution >= 0.6 is 0 Å². The van der Waals surface area contributed by atoms with Crippen LogP contribution < -0.4 is 5.32 Å². The molecule has 0 spiro atoms. The van der Waals surface area contributed by atoms with Crippen LogP contribution in [0.15, 0.2) is 16.5 Å². The lowest BCUT2D eigenvalue weighted by molar-refractivity contribution is 0.0984. The molecule has 0 aliphatic heterocycles. The predicted molar refractivity (Wildman–Crippen MR) is 71.4 cm³/mol. The van der Waals surface area contributed by atoms with E-state index in [9.17, 15) is 0 Å². The molecule has 0 radical (unpaired) electrons. The van der Waals surface area contributed by atoms with E-state index in [1.54, 1.807) is 0 Å². The predicted octanol–water partition coefficient (Wildman–Crippen LogP) is 2.00. The molecule has 2 rings (SSSR count). The van der Waals surface area contributed by atoms with Gasteiger partial charge in [-0.15, -0.1) is 0 Å². The Hall–Kier alpha value is -0.840. The second-order valence-corrected chi connectivity index (χ2v) is 5.23. The summed E-state index contributed by atoms with van der Waals surface area (Å²) < 4.78 is 11.3. The summed E-state index contributed by atoms with van der Waals surface area (Å²) in [6.07, 6.45) is 3.68. The molecule has 0 saturated heterocycles. The smallest absolute Gasteiger partial charge is 0.129 e. The van der Waals surface area contributed by atoms with Crippen molar-refractivity contribution in [3.8, 4) is 0 Å². The number of hydrogen-bond donors (Lipinski definition) is 1. The van der Waals surface area contributed by atoms with Crippen LogP contribution in [0.4, 0.5) is 0 Å². The van der Waals surface area contributed by atoms with Gasteiger partial charge in [0.05, 0.1) is 6.54 Å². The van der Waals surface area contributed by atoms with Crippen LogP contribution in [0.2, 0.25) is 0 Å². The molecule has 102 valence electrons. The zero-order valence-corrected chi connectivity index (χ0v) is 11.4. The van der Waals surface area contributed by atoms with Gasteiger partial charge in [0.1, 0.15) is 18.1 Å². The summed E-state index contributed by atoms with van der Waals surface area (Å²) in [6.45, 7) is 3.27. The molecule has 0 unspecified atom stereocenters. The van der Waals surface area contributed by atoms with E-state index in [-0.39, 0.29) is 0 Å². The molecule has 1 aliphatic carbocycles. The largest absolute Gasteiger partial charge is 0.462 e. The molecule has 1 fully saturated rings. The molecular weight excluding hydrogens is 228 g/mol. The van der Waals surface area contributed by atoms with Gasteiger partial charge in [-0.1, -0.05) is 0 Å². The van der Waals surface area contributed by atoms with Gasteiger partial charge in [0.15, 0.2) is 0 Å². The summed E-state index contributed by atoms with van der Waals surface area (Å²) in [7, 11) is 4.15. The van der Waals surface area contributed by atoms with Crippen LogP contribution in [-0.2, 0) is 17.9 Å². The summed E-state index contributed by atoms with van der Waals surface area (Å²) in [5, 5.41) is 3.43. The fraction of sp³-hybridized carbons (Fsp3) is 0.714. The van der Waals surface area contributed by atoms with Crippen LogP contribution in [0.5, 0.6) is 0 Å². The van der Waals surface area contributed by atoms with Crippen molar-refractivity contribution in [3.05, 3.63) is 23.7 Å². The van der Waals surface area contributed by atoms with Gasteiger partial charge in [0, 0.05) is 12.6 Å². The first kappa shape index (κ1) is 13.6. The van der Waals surface area contributed by atoms with Gasteiger partial charge >= 0.3 is 0 Å². The summed E-state index contributed by atoms with van der Waals surface area (Å²) in [6, 6.07) is 4.77. The van der Waals surface area contributed by atoms with Gasteiger partial charge in [-0.2, -0.15) is 0 Å². The molecule has 1 aliphatic rings. The van der Waals surface area contributed by atoms with Crippen molar-refractivity contribution in [2.45, 2.75) is 38.5 Å². The van der Waals surface area contributed by atoms with Crippen molar-refractivity contribution >= 4 is 0 Å². The molecule has 1 saturated carbocycles. The normalized spacial score (nSPS) is 15.5. The molecule has 1 aromatic rings. The van der Waals surface area contributed by atoms with Crippen molar-refractivity contribution in [2.24, 2.45) is 0 Å². The van der Waals surface area contributed by atoms with E-state index in [1.807, 2.05) is 12.1 Å². The van der Waals surface area contributed by atoms with Gasteiger partial charge in [-0.25, -0.2) is 0 Å². The lowest BCUT2D eigenvalue weighted by Gasteiger charge is -2.08. The highest BCUT2D eigenvalue weighted by atomic mass is 16.5. The Morgan fingerprint density at radius 1 is 1.33 bits per heavy atom. The number of furan rings is 1. The monoisotopic (exact) mass is 252 g/mol. The Morgan fingerprint density at radius 3 is 2.83 bits per heavy atom. The maximum absolute atomic E-state index is 5.69. The van der Waals surface area contributed by atoms with Crippen LogP contribution in [0.1, 0.15) is 30.8 Å². The minimum Gasteiger partial charge on any atom is -0.462 e. The fourth-order valence-corrected chi connectivity index (χ4v) is 1.78. The minimum atomic E-state index is 0.580. The van der Waals surface area contributed by atoms with E-state index >= 15 is 0 Å². The summed E-state index contributed by atoms with van der Waals surface area (Å²) in [5.41, 5.74) is 0. The second kappa shape index (κ2) is 6.92. The maximum atomic E-state index is 5.69.